The van der Waals surface area contributed by atoms with E-state index in [-0.39, 0.29) is 0 Å². The normalized spacial score (nSPS) is 20.2. The van der Waals surface area contributed by atoms with Crippen molar-refractivity contribution in [1.82, 2.24) is 9.55 Å². The lowest BCUT2D eigenvalue weighted by atomic mass is 10.2. The Bertz CT molecular complexity index is 263. The second-order valence-corrected chi connectivity index (χ2v) is 3.40. The van der Waals surface area contributed by atoms with Crippen molar-refractivity contribution in [2.75, 3.05) is 0 Å². The largest absolute Gasteiger partial charge is 0.389 e. The molecular weight excluding hydrogens is 140 g/mol. The third kappa shape index (κ3) is 1.28. The van der Waals surface area contributed by atoms with Crippen molar-refractivity contribution in [3.05, 3.63) is 18.2 Å². The summed E-state index contributed by atoms with van der Waals surface area (Å²) in [4.78, 5) is 3.99. The van der Waals surface area contributed by atoms with Gasteiger partial charge >= 0.3 is 0 Å². The van der Waals surface area contributed by atoms with E-state index in [1.807, 2.05) is 17.8 Å². The average Bonchev–Trinajstić information content (AvgIpc) is 2.54. The van der Waals surface area contributed by atoms with Crippen LogP contribution < -0.4 is 0 Å². The van der Waals surface area contributed by atoms with Gasteiger partial charge in [0.05, 0.1) is 11.9 Å². The summed E-state index contributed by atoms with van der Waals surface area (Å²) in [5, 5.41) is 9.58. The number of hydrogen-bond donors (Lipinski definition) is 1. The van der Waals surface area contributed by atoms with Crippen LogP contribution in [0.2, 0.25) is 0 Å². The highest BCUT2D eigenvalue weighted by atomic mass is 16.3. The summed E-state index contributed by atoms with van der Waals surface area (Å²) in [6, 6.07) is 0. The smallest absolute Gasteiger partial charge is 0.0945 e. The van der Waals surface area contributed by atoms with Crippen LogP contribution in [0, 0.1) is 0 Å². The minimum absolute atomic E-state index is 0.395. The first-order chi connectivity index (χ1) is 5.20. The molecule has 1 aromatic heterocycles. The maximum Gasteiger partial charge on any atom is 0.0945 e. The molecule has 3 nitrogen and oxygen atoms in total. The Balaban J connectivity index is 2.12. The third-order valence-electron chi connectivity index (χ3n) is 2.25. The summed E-state index contributed by atoms with van der Waals surface area (Å²) >= 11 is 0. The van der Waals surface area contributed by atoms with Gasteiger partial charge in [-0.2, -0.15) is 0 Å². The third-order valence-corrected chi connectivity index (χ3v) is 2.25. The number of aliphatic hydroxyl groups is 1. The molecule has 3 heteroatoms. The lowest BCUT2D eigenvalue weighted by molar-refractivity contribution is 0.149. The van der Waals surface area contributed by atoms with E-state index in [0.717, 1.165) is 25.0 Å². The molecule has 1 fully saturated rings. The van der Waals surface area contributed by atoms with E-state index < -0.39 is 5.60 Å². The summed E-state index contributed by atoms with van der Waals surface area (Å²) in [6.07, 6.45) is 6.22. The quantitative estimate of drug-likeness (QED) is 0.669. The molecule has 0 aromatic carbocycles. The Kier molecular flexibility index (Phi) is 1.29. The van der Waals surface area contributed by atoms with Crippen LogP contribution >= 0.6 is 0 Å². The van der Waals surface area contributed by atoms with Crippen LogP contribution in [0.5, 0.6) is 0 Å². The highest BCUT2D eigenvalue weighted by Crippen LogP contribution is 2.37. The Morgan fingerprint density at radius 3 is 2.91 bits per heavy atom. The zero-order valence-electron chi connectivity index (χ0n) is 6.62. The second-order valence-electron chi connectivity index (χ2n) is 3.40. The average molecular weight is 152 g/mol. The number of aromatic nitrogens is 2. The van der Waals surface area contributed by atoms with Crippen molar-refractivity contribution < 1.29 is 5.11 Å². The molecule has 60 valence electrons. The van der Waals surface area contributed by atoms with Crippen molar-refractivity contribution in [2.24, 2.45) is 7.05 Å². The highest BCUT2D eigenvalue weighted by Gasteiger charge is 2.40. The molecule has 2 rings (SSSR count). The Labute approximate surface area is 65.7 Å². The van der Waals surface area contributed by atoms with Gasteiger partial charge in [0.25, 0.3) is 0 Å². The van der Waals surface area contributed by atoms with Gasteiger partial charge in [0.2, 0.25) is 0 Å². The molecule has 0 atom stereocenters. The fraction of sp³-hybridized carbons (Fsp3) is 0.625. The summed E-state index contributed by atoms with van der Waals surface area (Å²) in [5.74, 6) is 0. The van der Waals surface area contributed by atoms with Crippen LogP contribution in [0.4, 0.5) is 0 Å². The number of imidazole rings is 1. The standard InChI is InChI=1S/C8H12N2O/c1-10-6-9-5-7(10)4-8(11)2-3-8/h5-6,11H,2-4H2,1H3. The van der Waals surface area contributed by atoms with Gasteiger partial charge in [-0.05, 0) is 12.8 Å². The van der Waals surface area contributed by atoms with Crippen molar-refractivity contribution in [3.8, 4) is 0 Å². The number of rotatable bonds is 2. The molecule has 1 aromatic rings. The van der Waals surface area contributed by atoms with Gasteiger partial charge in [0.15, 0.2) is 0 Å². The Morgan fingerprint density at radius 2 is 2.45 bits per heavy atom. The van der Waals surface area contributed by atoms with Crippen molar-refractivity contribution in [2.45, 2.75) is 24.9 Å². The monoisotopic (exact) mass is 152 g/mol. The predicted octanol–water partition coefficient (Wildman–Crippen LogP) is 0.487. The molecule has 0 bridgehead atoms. The molecule has 0 radical (unpaired) electrons. The van der Waals surface area contributed by atoms with Gasteiger partial charge in [-0.15, -0.1) is 0 Å². The molecular formula is C8H12N2O. The lowest BCUT2D eigenvalue weighted by Crippen LogP contribution is -2.12. The minimum atomic E-state index is -0.395. The first kappa shape index (κ1) is 6.85. The van der Waals surface area contributed by atoms with E-state index in [2.05, 4.69) is 4.98 Å². The maximum atomic E-state index is 9.58. The van der Waals surface area contributed by atoms with E-state index >= 15 is 0 Å². The summed E-state index contributed by atoms with van der Waals surface area (Å²) in [6.45, 7) is 0. The Hall–Kier alpha value is -0.830. The molecule has 0 amide bonds. The molecule has 1 N–H and O–H groups in total. The van der Waals surface area contributed by atoms with Crippen LogP contribution in [0.25, 0.3) is 0 Å². The number of hydrogen-bond acceptors (Lipinski definition) is 2. The number of nitrogens with zero attached hydrogens (tertiary/aromatic N) is 2. The summed E-state index contributed by atoms with van der Waals surface area (Å²) < 4.78 is 1.95. The first-order valence-electron chi connectivity index (χ1n) is 3.87. The van der Waals surface area contributed by atoms with Gasteiger partial charge in [-0.25, -0.2) is 4.98 Å². The molecule has 0 spiro atoms. The van der Waals surface area contributed by atoms with Crippen LogP contribution in [0.3, 0.4) is 0 Å². The van der Waals surface area contributed by atoms with Crippen molar-refractivity contribution in [3.63, 3.8) is 0 Å². The second kappa shape index (κ2) is 2.08. The zero-order valence-corrected chi connectivity index (χ0v) is 6.62. The van der Waals surface area contributed by atoms with Crippen molar-refractivity contribution in [1.29, 1.82) is 0 Å². The fourth-order valence-corrected chi connectivity index (χ4v) is 1.21. The molecule has 0 saturated heterocycles. The maximum absolute atomic E-state index is 9.58. The van der Waals surface area contributed by atoms with Gasteiger partial charge in [0, 0.05) is 25.4 Å². The van der Waals surface area contributed by atoms with Gasteiger partial charge < -0.3 is 9.67 Å². The van der Waals surface area contributed by atoms with Gasteiger partial charge in [-0.1, -0.05) is 0 Å². The van der Waals surface area contributed by atoms with Crippen LogP contribution in [-0.2, 0) is 13.5 Å². The van der Waals surface area contributed by atoms with Gasteiger partial charge in [-0.3, -0.25) is 0 Å². The zero-order chi connectivity index (χ0) is 7.90. The molecule has 11 heavy (non-hydrogen) atoms. The summed E-state index contributed by atoms with van der Waals surface area (Å²) in [5.41, 5.74) is 0.721. The minimum Gasteiger partial charge on any atom is -0.389 e. The van der Waals surface area contributed by atoms with E-state index in [1.165, 1.54) is 0 Å². The van der Waals surface area contributed by atoms with Crippen LogP contribution in [0.15, 0.2) is 12.5 Å². The van der Waals surface area contributed by atoms with Crippen LogP contribution in [-0.4, -0.2) is 20.3 Å². The molecule has 1 aliphatic carbocycles. The topological polar surface area (TPSA) is 38.0 Å². The van der Waals surface area contributed by atoms with E-state index in [1.54, 1.807) is 6.33 Å². The predicted molar refractivity (Wildman–Crippen MR) is 41.1 cm³/mol. The molecule has 0 aliphatic heterocycles. The molecule has 1 saturated carbocycles. The SMILES string of the molecule is Cn1cncc1CC1(O)CC1. The van der Waals surface area contributed by atoms with E-state index in [9.17, 15) is 5.11 Å². The van der Waals surface area contributed by atoms with Gasteiger partial charge in [0.1, 0.15) is 0 Å². The number of aryl methyl sites for hydroxylation is 1. The van der Waals surface area contributed by atoms with Crippen LogP contribution in [0.1, 0.15) is 18.5 Å². The lowest BCUT2D eigenvalue weighted by Gasteiger charge is -2.06. The molecule has 0 unspecified atom stereocenters. The molecule has 1 heterocycles. The molecule has 1 aliphatic rings. The van der Waals surface area contributed by atoms with E-state index in [4.69, 9.17) is 0 Å². The first-order valence-corrected chi connectivity index (χ1v) is 3.87. The fourth-order valence-electron chi connectivity index (χ4n) is 1.21. The Morgan fingerprint density at radius 1 is 1.73 bits per heavy atom. The summed E-state index contributed by atoms with van der Waals surface area (Å²) in [7, 11) is 1.95. The van der Waals surface area contributed by atoms with Crippen molar-refractivity contribution >= 4 is 0 Å². The van der Waals surface area contributed by atoms with E-state index in [0.29, 0.717) is 0 Å². The highest BCUT2D eigenvalue weighted by molar-refractivity contribution is 5.08.